The minimum absolute atomic E-state index is 0.0400. The number of fused-ring (bicyclic) bond motifs is 3. The van der Waals surface area contributed by atoms with Crippen LogP contribution in [0.4, 0.5) is 0 Å². The lowest BCUT2D eigenvalue weighted by Gasteiger charge is -2.25. The van der Waals surface area contributed by atoms with E-state index >= 15 is 0 Å². The molecule has 0 atom stereocenters. The first-order chi connectivity index (χ1) is 17.8. The van der Waals surface area contributed by atoms with Crippen molar-refractivity contribution in [1.82, 2.24) is 0 Å². The Bertz CT molecular complexity index is 1810. The lowest BCUT2D eigenvalue weighted by atomic mass is 9.81. The second-order valence-electron chi connectivity index (χ2n) is 13.1. The molecule has 0 unspecified atom stereocenters. The first-order valence-corrected chi connectivity index (χ1v) is 15.1. The Hall–Kier alpha value is -2.88. The maximum atomic E-state index is 5.90. The Labute approximate surface area is 234 Å². The fourth-order valence-corrected chi connectivity index (χ4v) is 8.15. The van der Waals surface area contributed by atoms with E-state index in [1.165, 1.54) is 57.6 Å². The normalized spacial score (nSPS) is 13.3. The summed E-state index contributed by atoms with van der Waals surface area (Å²) in [6.45, 7) is 18.4. The summed E-state index contributed by atoms with van der Waals surface area (Å²) in [6, 6.07) is 25.0. The van der Waals surface area contributed by atoms with E-state index in [2.05, 4.69) is 122 Å². The number of furan rings is 1. The first kappa shape index (κ1) is 25.4. The molecule has 3 heterocycles. The van der Waals surface area contributed by atoms with Gasteiger partial charge in [-0.2, -0.15) is 0 Å². The number of hydrogen-bond acceptors (Lipinski definition) is 3. The molecule has 0 spiro atoms. The summed E-state index contributed by atoms with van der Waals surface area (Å²) < 4.78 is 8.65. The molecule has 3 heteroatoms. The molecule has 0 saturated heterocycles. The van der Waals surface area contributed by atoms with Gasteiger partial charge in [-0.1, -0.05) is 85.7 Å². The van der Waals surface area contributed by atoms with Crippen molar-refractivity contribution in [3.8, 4) is 10.4 Å². The number of thiophene rings is 2. The maximum absolute atomic E-state index is 5.90. The predicted molar refractivity (Wildman–Crippen MR) is 168 cm³/mol. The Morgan fingerprint density at radius 2 is 1.34 bits per heavy atom. The van der Waals surface area contributed by atoms with Crippen LogP contribution in [0.15, 0.2) is 77.4 Å². The molecule has 38 heavy (non-hydrogen) atoms. The van der Waals surface area contributed by atoms with Gasteiger partial charge in [0, 0.05) is 35.5 Å². The summed E-state index contributed by atoms with van der Waals surface area (Å²) in [5, 5.41) is 3.93. The number of benzene rings is 3. The van der Waals surface area contributed by atoms with Gasteiger partial charge in [-0.15, -0.1) is 22.7 Å². The molecule has 0 N–H and O–H groups in total. The van der Waals surface area contributed by atoms with E-state index < -0.39 is 0 Å². The van der Waals surface area contributed by atoms with Crippen LogP contribution in [0.2, 0.25) is 0 Å². The van der Waals surface area contributed by atoms with Gasteiger partial charge in [0.05, 0.1) is 6.26 Å². The van der Waals surface area contributed by atoms with Crippen molar-refractivity contribution in [2.45, 2.75) is 71.6 Å². The van der Waals surface area contributed by atoms with E-state index in [4.69, 9.17) is 4.42 Å². The van der Waals surface area contributed by atoms with E-state index in [-0.39, 0.29) is 16.2 Å². The first-order valence-electron chi connectivity index (χ1n) is 13.4. The Morgan fingerprint density at radius 3 is 2.08 bits per heavy atom. The van der Waals surface area contributed by atoms with Crippen molar-refractivity contribution in [2.75, 3.05) is 0 Å². The van der Waals surface area contributed by atoms with Gasteiger partial charge < -0.3 is 4.42 Å². The van der Waals surface area contributed by atoms with Crippen molar-refractivity contribution in [3.05, 3.63) is 94.6 Å². The van der Waals surface area contributed by atoms with Crippen LogP contribution in [0.3, 0.4) is 0 Å². The molecule has 3 aromatic heterocycles. The van der Waals surface area contributed by atoms with Crippen molar-refractivity contribution in [3.63, 3.8) is 0 Å². The molecule has 0 aliphatic carbocycles. The number of rotatable bonds is 3. The molecule has 0 aliphatic rings. The van der Waals surface area contributed by atoms with Crippen LogP contribution in [0.25, 0.3) is 41.6 Å². The van der Waals surface area contributed by atoms with Gasteiger partial charge in [-0.25, -0.2) is 0 Å². The monoisotopic (exact) mass is 536 g/mol. The van der Waals surface area contributed by atoms with Gasteiger partial charge in [-0.3, -0.25) is 0 Å². The minimum Gasteiger partial charge on any atom is -0.464 e. The molecule has 0 amide bonds. The fraction of sp³-hybridized carbons (Fsp3) is 0.314. The van der Waals surface area contributed by atoms with Crippen molar-refractivity contribution in [2.24, 2.45) is 0 Å². The number of hydrogen-bond donors (Lipinski definition) is 0. The van der Waals surface area contributed by atoms with Crippen molar-refractivity contribution in [1.29, 1.82) is 0 Å². The second-order valence-corrected chi connectivity index (χ2v) is 15.3. The summed E-state index contributed by atoms with van der Waals surface area (Å²) in [7, 11) is 0. The van der Waals surface area contributed by atoms with E-state index in [1.54, 1.807) is 0 Å². The third-order valence-electron chi connectivity index (χ3n) is 7.87. The van der Waals surface area contributed by atoms with Crippen LogP contribution >= 0.6 is 22.7 Å². The summed E-state index contributed by atoms with van der Waals surface area (Å²) in [5.74, 6) is 0. The standard InChI is InChI=1S/C35H36OS2/c1-33(2,3)25-12-10-14-29-24(25)19-31(37-29)35(7,8)26-13-9-11-22-18-30(38-32(22)26)21-15-16-28-23(17-21)27(20-36-28)34(4,5)6/h9-20H,1-8H3. The molecule has 3 aromatic carbocycles. The van der Waals surface area contributed by atoms with Crippen LogP contribution < -0.4 is 0 Å². The Balaban J connectivity index is 1.47. The molecule has 6 aromatic rings. The molecular formula is C35H36OS2. The van der Waals surface area contributed by atoms with Gasteiger partial charge >= 0.3 is 0 Å². The van der Waals surface area contributed by atoms with E-state index in [0.717, 1.165) is 5.58 Å². The van der Waals surface area contributed by atoms with Gasteiger partial charge in [0.25, 0.3) is 0 Å². The highest BCUT2D eigenvalue weighted by Crippen LogP contribution is 2.46. The zero-order chi connectivity index (χ0) is 27.0. The molecule has 0 saturated carbocycles. The quantitative estimate of drug-likeness (QED) is 0.219. The van der Waals surface area contributed by atoms with Gasteiger partial charge in [0.2, 0.25) is 0 Å². The average Bonchev–Trinajstić information content (AvgIpc) is 3.58. The van der Waals surface area contributed by atoms with Crippen LogP contribution in [0.5, 0.6) is 0 Å². The highest BCUT2D eigenvalue weighted by atomic mass is 32.1. The topological polar surface area (TPSA) is 13.1 Å². The molecule has 6 rings (SSSR count). The van der Waals surface area contributed by atoms with E-state index in [9.17, 15) is 0 Å². The van der Waals surface area contributed by atoms with E-state index in [0.29, 0.717) is 0 Å². The zero-order valence-corrected chi connectivity index (χ0v) is 25.3. The third kappa shape index (κ3) is 4.12. The lowest BCUT2D eigenvalue weighted by molar-refractivity contribution is 0.557. The Kier molecular flexibility index (Phi) is 5.72. The van der Waals surface area contributed by atoms with Crippen LogP contribution in [0, 0.1) is 0 Å². The molecule has 194 valence electrons. The lowest BCUT2D eigenvalue weighted by Crippen LogP contribution is -2.17. The molecule has 0 aliphatic heterocycles. The van der Waals surface area contributed by atoms with Crippen molar-refractivity contribution >= 4 is 53.8 Å². The molecule has 0 bridgehead atoms. The molecular weight excluding hydrogens is 501 g/mol. The SMILES string of the molecule is CC(C)(C)c1coc2ccc(-c3cc4cccc(C(C)(C)c5cc6c(C(C)(C)C)cccc6s5)c4s3)cc12. The molecule has 0 fully saturated rings. The van der Waals surface area contributed by atoms with Crippen LogP contribution in [0.1, 0.15) is 77.0 Å². The summed E-state index contributed by atoms with van der Waals surface area (Å²) >= 11 is 3.85. The second kappa shape index (κ2) is 8.56. The highest BCUT2D eigenvalue weighted by molar-refractivity contribution is 7.22. The summed E-state index contributed by atoms with van der Waals surface area (Å²) in [6.07, 6.45) is 1.93. The Morgan fingerprint density at radius 1 is 0.632 bits per heavy atom. The van der Waals surface area contributed by atoms with E-state index in [1.807, 2.05) is 28.9 Å². The van der Waals surface area contributed by atoms with Crippen molar-refractivity contribution < 1.29 is 4.42 Å². The zero-order valence-electron chi connectivity index (χ0n) is 23.7. The third-order valence-corrected chi connectivity index (χ3v) is 10.5. The maximum Gasteiger partial charge on any atom is 0.134 e. The van der Waals surface area contributed by atoms with Gasteiger partial charge in [0.15, 0.2) is 0 Å². The fourth-order valence-electron chi connectivity index (χ4n) is 5.62. The molecule has 1 nitrogen and oxygen atoms in total. The van der Waals surface area contributed by atoms with Crippen LogP contribution in [-0.2, 0) is 16.2 Å². The van der Waals surface area contributed by atoms with Gasteiger partial charge in [0.1, 0.15) is 5.58 Å². The summed E-state index contributed by atoms with van der Waals surface area (Å²) in [5.41, 5.74) is 6.35. The minimum atomic E-state index is -0.103. The largest absolute Gasteiger partial charge is 0.464 e. The van der Waals surface area contributed by atoms with Gasteiger partial charge in [-0.05, 0) is 74.7 Å². The average molecular weight is 537 g/mol. The predicted octanol–water partition coefficient (Wildman–Crippen LogP) is 11.5. The summed E-state index contributed by atoms with van der Waals surface area (Å²) in [4.78, 5) is 2.72. The van der Waals surface area contributed by atoms with Crippen LogP contribution in [-0.4, -0.2) is 0 Å². The smallest absolute Gasteiger partial charge is 0.134 e. The molecule has 0 radical (unpaired) electrons. The highest BCUT2D eigenvalue weighted by Gasteiger charge is 2.29.